The highest BCUT2D eigenvalue weighted by Gasteiger charge is 2.56. The molecule has 1 saturated carbocycles. The molecular weight excluding hydrogens is 172 g/mol. The highest BCUT2D eigenvalue weighted by Crippen LogP contribution is 2.60. The number of nitrogens with zero attached hydrogens (tertiary/aromatic N) is 1. The van der Waals surface area contributed by atoms with E-state index in [-0.39, 0.29) is 0 Å². The maximum absolute atomic E-state index is 5.80. The maximum Gasteiger partial charge on any atom is 0.00956 e. The summed E-state index contributed by atoms with van der Waals surface area (Å²) in [6.07, 6.45) is 4.17. The summed E-state index contributed by atoms with van der Waals surface area (Å²) >= 11 is 0. The van der Waals surface area contributed by atoms with Gasteiger partial charge in [-0.05, 0) is 56.7 Å². The van der Waals surface area contributed by atoms with E-state index in [4.69, 9.17) is 5.73 Å². The Morgan fingerprint density at radius 3 is 2.50 bits per heavy atom. The number of likely N-dealkylation sites (tertiary alicyclic amines) is 1. The number of hydrogen-bond donors (Lipinski definition) is 1. The molecule has 1 aliphatic carbocycles. The predicted molar refractivity (Wildman–Crippen MR) is 60.1 cm³/mol. The summed E-state index contributed by atoms with van der Waals surface area (Å²) in [6.45, 7) is 6.94. The Bertz CT molecular complexity index is 212. The molecule has 2 nitrogen and oxygen atoms in total. The molecule has 2 aliphatic rings. The monoisotopic (exact) mass is 196 g/mol. The first-order valence-corrected chi connectivity index (χ1v) is 5.97. The van der Waals surface area contributed by atoms with Gasteiger partial charge in [0.2, 0.25) is 0 Å². The smallest absolute Gasteiger partial charge is 0.00956 e. The van der Waals surface area contributed by atoms with Gasteiger partial charge in [0, 0.05) is 6.04 Å². The van der Waals surface area contributed by atoms with Crippen LogP contribution in [0.2, 0.25) is 0 Å². The van der Waals surface area contributed by atoms with E-state index in [2.05, 4.69) is 25.8 Å². The zero-order valence-corrected chi connectivity index (χ0v) is 9.79. The second kappa shape index (κ2) is 3.49. The molecule has 82 valence electrons. The van der Waals surface area contributed by atoms with E-state index in [1.165, 1.54) is 25.8 Å². The molecule has 14 heavy (non-hydrogen) atoms. The first kappa shape index (κ1) is 10.4. The first-order chi connectivity index (χ1) is 6.57. The number of hydrogen-bond acceptors (Lipinski definition) is 2. The van der Waals surface area contributed by atoms with Gasteiger partial charge in [0.1, 0.15) is 0 Å². The molecule has 2 N–H and O–H groups in total. The van der Waals surface area contributed by atoms with Crippen molar-refractivity contribution in [2.75, 3.05) is 20.1 Å². The summed E-state index contributed by atoms with van der Waals surface area (Å²) in [7, 11) is 2.27. The van der Waals surface area contributed by atoms with E-state index >= 15 is 0 Å². The summed E-state index contributed by atoms with van der Waals surface area (Å²) in [5, 5.41) is 0. The molecule has 1 aliphatic heterocycles. The molecule has 1 heterocycles. The van der Waals surface area contributed by atoms with Gasteiger partial charge < -0.3 is 10.6 Å². The van der Waals surface area contributed by atoms with E-state index in [0.717, 1.165) is 24.4 Å². The molecule has 0 aromatic carbocycles. The van der Waals surface area contributed by atoms with Crippen molar-refractivity contribution in [3.8, 4) is 0 Å². The average molecular weight is 196 g/mol. The van der Waals surface area contributed by atoms with Crippen LogP contribution < -0.4 is 5.73 Å². The summed E-state index contributed by atoms with van der Waals surface area (Å²) in [6, 6.07) is 0.843. The van der Waals surface area contributed by atoms with Crippen LogP contribution in [0.4, 0.5) is 0 Å². The Hall–Kier alpha value is -0.0800. The average Bonchev–Trinajstić information content (AvgIpc) is 2.44. The van der Waals surface area contributed by atoms with Crippen molar-refractivity contribution in [2.24, 2.45) is 23.0 Å². The lowest BCUT2D eigenvalue weighted by molar-refractivity contribution is 0.276. The standard InChI is InChI=1S/C12H24N2/c1-12(2)10(11(12)8-13)7-9-5-4-6-14(9)3/h9-11H,4-8,13H2,1-3H3/t9?,10-,11-/m0/s1. The summed E-state index contributed by atoms with van der Waals surface area (Å²) < 4.78 is 0. The van der Waals surface area contributed by atoms with Gasteiger partial charge in [0.25, 0.3) is 0 Å². The Morgan fingerprint density at radius 1 is 1.36 bits per heavy atom. The Labute approximate surface area is 87.8 Å². The van der Waals surface area contributed by atoms with Crippen molar-refractivity contribution in [3.05, 3.63) is 0 Å². The fourth-order valence-electron chi connectivity index (χ4n) is 3.36. The highest BCUT2D eigenvalue weighted by atomic mass is 15.1. The van der Waals surface area contributed by atoms with Crippen LogP contribution in [0.3, 0.4) is 0 Å². The van der Waals surface area contributed by atoms with Gasteiger partial charge in [-0.15, -0.1) is 0 Å². The molecule has 2 rings (SSSR count). The first-order valence-electron chi connectivity index (χ1n) is 5.97. The van der Waals surface area contributed by atoms with Gasteiger partial charge in [-0.25, -0.2) is 0 Å². The third kappa shape index (κ3) is 1.59. The third-order valence-electron chi connectivity index (χ3n) is 4.74. The largest absolute Gasteiger partial charge is 0.330 e. The lowest BCUT2D eigenvalue weighted by atomic mass is 10.0. The van der Waals surface area contributed by atoms with Crippen molar-refractivity contribution in [3.63, 3.8) is 0 Å². The van der Waals surface area contributed by atoms with Gasteiger partial charge >= 0.3 is 0 Å². The fraction of sp³-hybridized carbons (Fsp3) is 1.00. The van der Waals surface area contributed by atoms with Crippen molar-refractivity contribution in [1.29, 1.82) is 0 Å². The third-order valence-corrected chi connectivity index (χ3v) is 4.74. The molecule has 3 atom stereocenters. The van der Waals surface area contributed by atoms with Crippen LogP contribution in [0.5, 0.6) is 0 Å². The Morgan fingerprint density at radius 2 is 2.07 bits per heavy atom. The van der Waals surface area contributed by atoms with Crippen LogP contribution in [-0.4, -0.2) is 31.1 Å². The van der Waals surface area contributed by atoms with E-state index in [1.807, 2.05) is 0 Å². The Balaban J connectivity index is 1.87. The van der Waals surface area contributed by atoms with Crippen LogP contribution in [0.1, 0.15) is 33.1 Å². The maximum atomic E-state index is 5.80. The van der Waals surface area contributed by atoms with Gasteiger partial charge in [0.05, 0.1) is 0 Å². The lowest BCUT2D eigenvalue weighted by Gasteiger charge is -2.19. The minimum Gasteiger partial charge on any atom is -0.330 e. The molecule has 0 aromatic rings. The Kier molecular flexibility index (Phi) is 2.61. The van der Waals surface area contributed by atoms with Crippen molar-refractivity contribution in [2.45, 2.75) is 39.2 Å². The number of nitrogens with two attached hydrogens (primary N) is 1. The van der Waals surface area contributed by atoms with Crippen molar-refractivity contribution >= 4 is 0 Å². The molecule has 1 saturated heterocycles. The fourth-order valence-corrected chi connectivity index (χ4v) is 3.36. The van der Waals surface area contributed by atoms with Crippen LogP contribution in [0, 0.1) is 17.3 Å². The van der Waals surface area contributed by atoms with E-state index < -0.39 is 0 Å². The predicted octanol–water partition coefficient (Wildman–Crippen LogP) is 1.70. The van der Waals surface area contributed by atoms with Crippen LogP contribution in [0.15, 0.2) is 0 Å². The quantitative estimate of drug-likeness (QED) is 0.744. The zero-order valence-electron chi connectivity index (χ0n) is 9.79. The molecule has 2 heteroatoms. The van der Waals surface area contributed by atoms with Crippen LogP contribution in [-0.2, 0) is 0 Å². The van der Waals surface area contributed by atoms with E-state index in [0.29, 0.717) is 5.41 Å². The zero-order chi connectivity index (χ0) is 10.3. The van der Waals surface area contributed by atoms with Gasteiger partial charge in [-0.2, -0.15) is 0 Å². The van der Waals surface area contributed by atoms with Crippen molar-refractivity contribution < 1.29 is 0 Å². The topological polar surface area (TPSA) is 29.3 Å². The molecule has 0 amide bonds. The van der Waals surface area contributed by atoms with Gasteiger partial charge in [-0.1, -0.05) is 13.8 Å². The van der Waals surface area contributed by atoms with Crippen LogP contribution in [0.25, 0.3) is 0 Å². The molecule has 1 unspecified atom stereocenters. The summed E-state index contributed by atoms with van der Waals surface area (Å²) in [5.41, 5.74) is 6.32. The molecule has 0 radical (unpaired) electrons. The van der Waals surface area contributed by atoms with Crippen molar-refractivity contribution in [1.82, 2.24) is 4.90 Å². The molecule has 2 fully saturated rings. The molecular formula is C12H24N2. The summed E-state index contributed by atoms with van der Waals surface area (Å²) in [5.74, 6) is 1.68. The van der Waals surface area contributed by atoms with Crippen LogP contribution >= 0.6 is 0 Å². The molecule has 0 aromatic heterocycles. The lowest BCUT2D eigenvalue weighted by Crippen LogP contribution is -2.25. The normalized spacial score (nSPS) is 41.6. The minimum absolute atomic E-state index is 0.526. The molecule has 0 bridgehead atoms. The summed E-state index contributed by atoms with van der Waals surface area (Å²) in [4.78, 5) is 2.53. The molecule has 0 spiro atoms. The second-order valence-electron chi connectivity index (χ2n) is 5.78. The van der Waals surface area contributed by atoms with Gasteiger partial charge in [0.15, 0.2) is 0 Å². The minimum atomic E-state index is 0.526. The second-order valence-corrected chi connectivity index (χ2v) is 5.78. The van der Waals surface area contributed by atoms with Gasteiger partial charge in [-0.3, -0.25) is 0 Å². The SMILES string of the molecule is CN1CCCC1C[C@H]1[C@H](CN)C1(C)C. The number of rotatable bonds is 3. The van der Waals surface area contributed by atoms with E-state index in [1.54, 1.807) is 0 Å². The van der Waals surface area contributed by atoms with E-state index in [9.17, 15) is 0 Å². The highest BCUT2D eigenvalue weighted by molar-refractivity contribution is 5.06.